The zero-order chi connectivity index (χ0) is 9.97. The molecule has 1 aliphatic carbocycles. The first-order chi connectivity index (χ1) is 6.79. The van der Waals surface area contributed by atoms with Crippen molar-refractivity contribution in [1.29, 1.82) is 0 Å². The molecule has 0 atom stereocenters. The topological polar surface area (TPSA) is 12.0 Å². The van der Waals surface area contributed by atoms with Crippen LogP contribution in [0.5, 0.6) is 0 Å². The van der Waals surface area contributed by atoms with Gasteiger partial charge in [-0.3, -0.25) is 0 Å². The van der Waals surface area contributed by atoms with Crippen LogP contribution in [0.15, 0.2) is 24.8 Å². The van der Waals surface area contributed by atoms with E-state index in [4.69, 9.17) is 11.6 Å². The first-order valence-corrected chi connectivity index (χ1v) is 5.31. The predicted molar refractivity (Wildman–Crippen MR) is 61.4 cm³/mol. The van der Waals surface area contributed by atoms with E-state index in [1.807, 2.05) is 18.2 Å². The summed E-state index contributed by atoms with van der Waals surface area (Å²) in [5.41, 5.74) is 2.24. The zero-order valence-electron chi connectivity index (χ0n) is 8.09. The SMILES string of the molecule is C=Cc1ccc(CNC2CC2)c(Cl)c1. The van der Waals surface area contributed by atoms with Crippen molar-refractivity contribution in [2.45, 2.75) is 25.4 Å². The third kappa shape index (κ3) is 2.37. The lowest BCUT2D eigenvalue weighted by atomic mass is 10.1. The van der Waals surface area contributed by atoms with Gasteiger partial charge in [0.25, 0.3) is 0 Å². The Morgan fingerprint density at radius 1 is 1.50 bits per heavy atom. The Balaban J connectivity index is 2.04. The van der Waals surface area contributed by atoms with Crippen LogP contribution in [0.1, 0.15) is 24.0 Å². The van der Waals surface area contributed by atoms with Gasteiger partial charge >= 0.3 is 0 Å². The fourth-order valence-corrected chi connectivity index (χ4v) is 1.63. The summed E-state index contributed by atoms with van der Waals surface area (Å²) >= 11 is 6.12. The normalized spacial score (nSPS) is 15.5. The van der Waals surface area contributed by atoms with E-state index in [1.165, 1.54) is 18.4 Å². The molecule has 0 radical (unpaired) electrons. The molecule has 0 bridgehead atoms. The maximum Gasteiger partial charge on any atom is 0.0456 e. The zero-order valence-corrected chi connectivity index (χ0v) is 8.85. The van der Waals surface area contributed by atoms with Gasteiger partial charge in [0.2, 0.25) is 0 Å². The average molecular weight is 208 g/mol. The second-order valence-corrected chi connectivity index (χ2v) is 4.12. The Hall–Kier alpha value is -0.790. The number of nitrogens with one attached hydrogen (secondary N) is 1. The highest BCUT2D eigenvalue weighted by molar-refractivity contribution is 6.31. The number of halogens is 1. The molecule has 2 rings (SSSR count). The van der Waals surface area contributed by atoms with Crippen LogP contribution in [0, 0.1) is 0 Å². The summed E-state index contributed by atoms with van der Waals surface area (Å²) in [7, 11) is 0. The Kier molecular flexibility index (Phi) is 2.90. The lowest BCUT2D eigenvalue weighted by Gasteiger charge is -2.06. The van der Waals surface area contributed by atoms with Crippen molar-refractivity contribution in [3.63, 3.8) is 0 Å². The van der Waals surface area contributed by atoms with Gasteiger partial charge in [0, 0.05) is 17.6 Å². The molecule has 0 spiro atoms. The highest BCUT2D eigenvalue weighted by atomic mass is 35.5. The van der Waals surface area contributed by atoms with E-state index < -0.39 is 0 Å². The largest absolute Gasteiger partial charge is 0.310 e. The molecule has 74 valence electrons. The second kappa shape index (κ2) is 4.16. The Labute approximate surface area is 89.8 Å². The summed E-state index contributed by atoms with van der Waals surface area (Å²) in [5.74, 6) is 0. The van der Waals surface area contributed by atoms with Crippen molar-refractivity contribution >= 4 is 17.7 Å². The van der Waals surface area contributed by atoms with E-state index in [9.17, 15) is 0 Å². The van der Waals surface area contributed by atoms with Gasteiger partial charge in [-0.2, -0.15) is 0 Å². The number of benzene rings is 1. The average Bonchev–Trinajstić information content (AvgIpc) is 2.99. The monoisotopic (exact) mass is 207 g/mol. The minimum Gasteiger partial charge on any atom is -0.310 e. The maximum atomic E-state index is 6.12. The summed E-state index contributed by atoms with van der Waals surface area (Å²) in [6.07, 6.45) is 4.43. The van der Waals surface area contributed by atoms with Crippen LogP contribution in [-0.2, 0) is 6.54 Å². The number of hydrogen-bond donors (Lipinski definition) is 1. The van der Waals surface area contributed by atoms with E-state index in [-0.39, 0.29) is 0 Å². The quantitative estimate of drug-likeness (QED) is 0.800. The Morgan fingerprint density at radius 2 is 2.29 bits per heavy atom. The molecular weight excluding hydrogens is 194 g/mol. The molecule has 0 heterocycles. The van der Waals surface area contributed by atoms with Crippen molar-refractivity contribution in [1.82, 2.24) is 5.32 Å². The van der Waals surface area contributed by atoms with Gasteiger partial charge in [-0.1, -0.05) is 36.4 Å². The standard InChI is InChI=1S/C12H14ClN/c1-2-9-3-4-10(12(13)7-9)8-14-11-5-6-11/h2-4,7,11,14H,1,5-6,8H2. The molecule has 0 aliphatic heterocycles. The van der Waals surface area contributed by atoms with Gasteiger partial charge in [0.15, 0.2) is 0 Å². The summed E-state index contributed by atoms with van der Waals surface area (Å²) in [6, 6.07) is 6.79. The van der Waals surface area contributed by atoms with Crippen LogP contribution in [0.25, 0.3) is 6.08 Å². The summed E-state index contributed by atoms with van der Waals surface area (Å²) in [6.45, 7) is 4.59. The minimum absolute atomic E-state index is 0.727. The third-order valence-corrected chi connectivity index (χ3v) is 2.82. The van der Waals surface area contributed by atoms with Crippen LogP contribution in [-0.4, -0.2) is 6.04 Å². The first kappa shape index (κ1) is 9.75. The van der Waals surface area contributed by atoms with E-state index in [1.54, 1.807) is 0 Å². The van der Waals surface area contributed by atoms with Gasteiger partial charge in [-0.05, 0) is 30.0 Å². The van der Waals surface area contributed by atoms with Gasteiger partial charge < -0.3 is 5.32 Å². The molecule has 1 saturated carbocycles. The van der Waals surface area contributed by atoms with Crippen molar-refractivity contribution in [2.75, 3.05) is 0 Å². The van der Waals surface area contributed by atoms with Crippen molar-refractivity contribution in [3.05, 3.63) is 40.9 Å². The highest BCUT2D eigenvalue weighted by Crippen LogP contribution is 2.22. The van der Waals surface area contributed by atoms with Crippen LogP contribution >= 0.6 is 11.6 Å². The molecule has 0 saturated heterocycles. The Morgan fingerprint density at radius 3 is 2.86 bits per heavy atom. The van der Waals surface area contributed by atoms with E-state index in [0.717, 1.165) is 23.2 Å². The van der Waals surface area contributed by atoms with E-state index >= 15 is 0 Å². The molecule has 1 N–H and O–H groups in total. The van der Waals surface area contributed by atoms with Crippen molar-refractivity contribution in [3.8, 4) is 0 Å². The van der Waals surface area contributed by atoms with E-state index in [0.29, 0.717) is 0 Å². The number of rotatable bonds is 4. The Bertz CT molecular complexity index is 342. The summed E-state index contributed by atoms with van der Waals surface area (Å²) < 4.78 is 0. The highest BCUT2D eigenvalue weighted by Gasteiger charge is 2.20. The molecule has 1 fully saturated rings. The van der Waals surface area contributed by atoms with Crippen LogP contribution < -0.4 is 5.32 Å². The summed E-state index contributed by atoms with van der Waals surface area (Å²) in [5, 5.41) is 4.27. The van der Waals surface area contributed by atoms with Crippen LogP contribution in [0.4, 0.5) is 0 Å². The molecular formula is C12H14ClN. The van der Waals surface area contributed by atoms with E-state index in [2.05, 4.69) is 18.0 Å². The maximum absolute atomic E-state index is 6.12. The van der Waals surface area contributed by atoms with Crippen molar-refractivity contribution < 1.29 is 0 Å². The van der Waals surface area contributed by atoms with Gasteiger partial charge in [0.1, 0.15) is 0 Å². The minimum atomic E-state index is 0.727. The number of hydrogen-bond acceptors (Lipinski definition) is 1. The molecule has 1 aliphatic rings. The lowest BCUT2D eigenvalue weighted by Crippen LogP contribution is -2.15. The molecule has 1 aromatic rings. The third-order valence-electron chi connectivity index (χ3n) is 2.47. The molecule has 14 heavy (non-hydrogen) atoms. The second-order valence-electron chi connectivity index (χ2n) is 3.71. The summed E-state index contributed by atoms with van der Waals surface area (Å²) in [4.78, 5) is 0. The molecule has 2 heteroatoms. The fraction of sp³-hybridized carbons (Fsp3) is 0.333. The smallest absolute Gasteiger partial charge is 0.0456 e. The molecule has 0 aromatic heterocycles. The fourth-order valence-electron chi connectivity index (χ4n) is 1.38. The molecule has 0 unspecified atom stereocenters. The van der Waals surface area contributed by atoms with Gasteiger partial charge in [-0.15, -0.1) is 0 Å². The van der Waals surface area contributed by atoms with Gasteiger partial charge in [0.05, 0.1) is 0 Å². The van der Waals surface area contributed by atoms with Crippen LogP contribution in [0.3, 0.4) is 0 Å². The van der Waals surface area contributed by atoms with Crippen molar-refractivity contribution in [2.24, 2.45) is 0 Å². The van der Waals surface area contributed by atoms with Gasteiger partial charge in [-0.25, -0.2) is 0 Å². The molecule has 1 aromatic carbocycles. The predicted octanol–water partition coefficient (Wildman–Crippen LogP) is 3.24. The molecule has 1 nitrogen and oxygen atoms in total. The molecule has 0 amide bonds. The first-order valence-electron chi connectivity index (χ1n) is 4.94. The van der Waals surface area contributed by atoms with Crippen LogP contribution in [0.2, 0.25) is 5.02 Å². The lowest BCUT2D eigenvalue weighted by molar-refractivity contribution is 0.688.